The van der Waals surface area contributed by atoms with Gasteiger partial charge in [-0.2, -0.15) is 0 Å². The first kappa shape index (κ1) is 12.1. The lowest BCUT2D eigenvalue weighted by Gasteiger charge is -2.08. The summed E-state index contributed by atoms with van der Waals surface area (Å²) < 4.78 is 0. The first-order chi connectivity index (χ1) is 10.1. The van der Waals surface area contributed by atoms with Crippen molar-refractivity contribution in [2.24, 2.45) is 0 Å². The normalized spacial score (nSPS) is 12.2. The fourth-order valence-corrected chi connectivity index (χ4v) is 3.17. The van der Waals surface area contributed by atoms with Gasteiger partial charge in [-0.3, -0.25) is 4.98 Å². The van der Waals surface area contributed by atoms with Crippen LogP contribution >= 0.6 is 0 Å². The van der Waals surface area contributed by atoms with Crippen molar-refractivity contribution in [3.8, 4) is 11.1 Å². The van der Waals surface area contributed by atoms with Crippen molar-refractivity contribution >= 4 is 16.9 Å². The minimum Gasteiger partial charge on any atom is -0.478 e. The Kier molecular flexibility index (Phi) is 2.39. The molecule has 1 N–H and O–H groups in total. The number of fused-ring (bicyclic) bond motifs is 4. The van der Waals surface area contributed by atoms with E-state index in [1.807, 2.05) is 31.2 Å². The molecule has 2 aromatic carbocycles. The predicted molar refractivity (Wildman–Crippen MR) is 81.7 cm³/mol. The van der Waals surface area contributed by atoms with Gasteiger partial charge in [0.05, 0.1) is 11.1 Å². The summed E-state index contributed by atoms with van der Waals surface area (Å²) in [5.41, 5.74) is 6.68. The maximum Gasteiger partial charge on any atom is 0.336 e. The first-order valence-electron chi connectivity index (χ1n) is 6.89. The minimum atomic E-state index is -0.902. The van der Waals surface area contributed by atoms with E-state index in [1.165, 1.54) is 22.3 Å². The molecule has 1 aromatic heterocycles. The summed E-state index contributed by atoms with van der Waals surface area (Å²) in [5.74, 6) is -0.902. The zero-order chi connectivity index (χ0) is 14.6. The van der Waals surface area contributed by atoms with E-state index in [-0.39, 0.29) is 0 Å². The van der Waals surface area contributed by atoms with Crippen LogP contribution in [0.1, 0.15) is 27.2 Å². The molecule has 0 fully saturated rings. The fraction of sp³-hybridized carbons (Fsp3) is 0.111. The van der Waals surface area contributed by atoms with E-state index in [9.17, 15) is 9.90 Å². The van der Waals surface area contributed by atoms with Crippen molar-refractivity contribution in [3.05, 3.63) is 64.8 Å². The number of aromatic carboxylic acids is 1. The molecule has 0 spiro atoms. The highest BCUT2D eigenvalue weighted by Gasteiger charge is 2.20. The van der Waals surface area contributed by atoms with Crippen molar-refractivity contribution in [1.29, 1.82) is 0 Å². The van der Waals surface area contributed by atoms with Gasteiger partial charge in [0.15, 0.2) is 0 Å². The van der Waals surface area contributed by atoms with Crippen LogP contribution in [0.3, 0.4) is 0 Å². The number of benzene rings is 2. The van der Waals surface area contributed by atoms with E-state index in [4.69, 9.17) is 0 Å². The molecule has 102 valence electrons. The van der Waals surface area contributed by atoms with Crippen molar-refractivity contribution in [1.82, 2.24) is 4.98 Å². The molecule has 4 rings (SSSR count). The largest absolute Gasteiger partial charge is 0.478 e. The lowest BCUT2D eigenvalue weighted by Crippen LogP contribution is -2.01. The van der Waals surface area contributed by atoms with Gasteiger partial charge in [-0.25, -0.2) is 4.79 Å². The van der Waals surface area contributed by atoms with Gasteiger partial charge in [0.1, 0.15) is 0 Å². The van der Waals surface area contributed by atoms with Crippen LogP contribution in [0.15, 0.2) is 42.5 Å². The molecule has 0 saturated carbocycles. The van der Waals surface area contributed by atoms with Crippen LogP contribution in [0.4, 0.5) is 0 Å². The highest BCUT2D eigenvalue weighted by Crippen LogP contribution is 2.39. The maximum absolute atomic E-state index is 11.5. The summed E-state index contributed by atoms with van der Waals surface area (Å²) in [6, 6.07) is 14.0. The van der Waals surface area contributed by atoms with Gasteiger partial charge in [0, 0.05) is 11.1 Å². The molecular formula is C18H13NO2. The topological polar surface area (TPSA) is 50.2 Å². The Morgan fingerprint density at radius 2 is 1.90 bits per heavy atom. The van der Waals surface area contributed by atoms with Gasteiger partial charge in [-0.05, 0) is 53.8 Å². The number of rotatable bonds is 1. The number of hydrogen-bond donors (Lipinski definition) is 1. The van der Waals surface area contributed by atoms with Gasteiger partial charge in [0.25, 0.3) is 0 Å². The Bertz CT molecular complexity index is 912. The smallest absolute Gasteiger partial charge is 0.336 e. The molecule has 0 amide bonds. The van der Waals surface area contributed by atoms with Gasteiger partial charge < -0.3 is 5.11 Å². The molecule has 0 bridgehead atoms. The Balaban J connectivity index is 2.06. The van der Waals surface area contributed by atoms with Crippen LogP contribution in [0.5, 0.6) is 0 Å². The van der Waals surface area contributed by atoms with Crippen molar-refractivity contribution in [3.63, 3.8) is 0 Å². The molecule has 3 nitrogen and oxygen atoms in total. The molecule has 1 aliphatic rings. The van der Waals surface area contributed by atoms with Crippen LogP contribution in [-0.2, 0) is 6.42 Å². The van der Waals surface area contributed by atoms with Crippen molar-refractivity contribution in [2.45, 2.75) is 13.3 Å². The van der Waals surface area contributed by atoms with Gasteiger partial charge in [-0.1, -0.05) is 24.3 Å². The summed E-state index contributed by atoms with van der Waals surface area (Å²) in [5, 5.41) is 10.1. The van der Waals surface area contributed by atoms with E-state index in [2.05, 4.69) is 17.1 Å². The van der Waals surface area contributed by atoms with E-state index >= 15 is 0 Å². The highest BCUT2D eigenvalue weighted by molar-refractivity contribution is 6.04. The lowest BCUT2D eigenvalue weighted by molar-refractivity contribution is 0.0699. The number of nitrogens with zero attached hydrogens (tertiary/aromatic N) is 1. The molecular weight excluding hydrogens is 262 g/mol. The number of pyridine rings is 1. The lowest BCUT2D eigenvalue weighted by atomic mass is 10.00. The van der Waals surface area contributed by atoms with Crippen LogP contribution in [0.2, 0.25) is 0 Å². The second-order valence-electron chi connectivity index (χ2n) is 5.48. The fourth-order valence-electron chi connectivity index (χ4n) is 3.17. The zero-order valence-electron chi connectivity index (χ0n) is 11.6. The van der Waals surface area contributed by atoms with Crippen molar-refractivity contribution in [2.75, 3.05) is 0 Å². The Labute approximate surface area is 121 Å². The van der Waals surface area contributed by atoms with E-state index in [1.54, 1.807) is 6.07 Å². The summed E-state index contributed by atoms with van der Waals surface area (Å²) in [6.07, 6.45) is 0.856. The summed E-state index contributed by atoms with van der Waals surface area (Å²) in [4.78, 5) is 16.0. The Morgan fingerprint density at radius 3 is 2.71 bits per heavy atom. The zero-order valence-corrected chi connectivity index (χ0v) is 11.6. The number of carboxylic acids is 1. The third-order valence-electron chi connectivity index (χ3n) is 4.08. The number of carbonyl (C=O) groups is 1. The number of aromatic nitrogens is 1. The second kappa shape index (κ2) is 4.16. The van der Waals surface area contributed by atoms with Crippen molar-refractivity contribution < 1.29 is 9.90 Å². The molecule has 21 heavy (non-hydrogen) atoms. The van der Waals surface area contributed by atoms with Crippen LogP contribution in [-0.4, -0.2) is 16.1 Å². The molecule has 1 heterocycles. The monoisotopic (exact) mass is 275 g/mol. The molecule has 3 aromatic rings. The van der Waals surface area contributed by atoms with Gasteiger partial charge in [-0.15, -0.1) is 0 Å². The molecule has 0 atom stereocenters. The third kappa shape index (κ3) is 1.74. The van der Waals surface area contributed by atoms with Crippen LogP contribution in [0, 0.1) is 6.92 Å². The molecule has 0 saturated heterocycles. The Hall–Kier alpha value is -2.68. The molecule has 0 unspecified atom stereocenters. The standard InChI is InChI=1S/C18H13NO2/c1-10-6-16(18(20)21)15-8-12-7-11-4-2-3-5-13(11)14(12)9-17(15)19-10/h2-6,8-9H,7H2,1H3,(H,20,21). The average Bonchev–Trinajstić information content (AvgIpc) is 2.81. The molecule has 0 aliphatic heterocycles. The second-order valence-corrected chi connectivity index (χ2v) is 5.48. The van der Waals surface area contributed by atoms with E-state index < -0.39 is 5.97 Å². The summed E-state index contributed by atoms with van der Waals surface area (Å²) in [6.45, 7) is 1.83. The van der Waals surface area contributed by atoms with E-state index in [0.29, 0.717) is 5.56 Å². The predicted octanol–water partition coefficient (Wildman–Crippen LogP) is 3.81. The average molecular weight is 275 g/mol. The maximum atomic E-state index is 11.5. The SMILES string of the molecule is Cc1cc(C(=O)O)c2cc3c(cc2n1)-c1ccccc1C3. The Morgan fingerprint density at radius 1 is 1.10 bits per heavy atom. The minimum absolute atomic E-state index is 0.330. The van der Waals surface area contributed by atoms with Gasteiger partial charge in [0.2, 0.25) is 0 Å². The quantitative estimate of drug-likeness (QED) is 0.574. The molecule has 0 radical (unpaired) electrons. The highest BCUT2D eigenvalue weighted by atomic mass is 16.4. The van der Waals surface area contributed by atoms with E-state index in [0.717, 1.165) is 23.0 Å². The molecule has 3 heteroatoms. The molecule has 1 aliphatic carbocycles. The summed E-state index contributed by atoms with van der Waals surface area (Å²) >= 11 is 0. The number of hydrogen-bond acceptors (Lipinski definition) is 2. The number of carboxylic acid groups (broad SMARTS) is 1. The van der Waals surface area contributed by atoms with Crippen LogP contribution in [0.25, 0.3) is 22.0 Å². The number of aryl methyl sites for hydroxylation is 1. The first-order valence-corrected chi connectivity index (χ1v) is 6.89. The van der Waals surface area contributed by atoms with Crippen LogP contribution < -0.4 is 0 Å². The third-order valence-corrected chi connectivity index (χ3v) is 4.08. The van der Waals surface area contributed by atoms with Gasteiger partial charge >= 0.3 is 5.97 Å². The summed E-state index contributed by atoms with van der Waals surface area (Å²) in [7, 11) is 0.